The average Bonchev–Trinajstić information content (AvgIpc) is 2.97. The maximum atomic E-state index is 11.2. The molecule has 3 rings (SSSR count). The lowest BCUT2D eigenvalue weighted by Gasteiger charge is -2.32. The first kappa shape index (κ1) is 9.57. The molecule has 16 heavy (non-hydrogen) atoms. The molecule has 1 aromatic rings. The van der Waals surface area contributed by atoms with Crippen LogP contribution in [0.5, 0.6) is 0 Å². The Kier molecular flexibility index (Phi) is 2.05. The average molecular weight is 218 g/mol. The van der Waals surface area contributed by atoms with Gasteiger partial charge in [0, 0.05) is 25.1 Å². The van der Waals surface area contributed by atoms with Gasteiger partial charge in [-0.15, -0.1) is 0 Å². The van der Waals surface area contributed by atoms with Gasteiger partial charge in [-0.3, -0.25) is 4.79 Å². The summed E-state index contributed by atoms with van der Waals surface area (Å²) in [5.74, 6) is 1.63. The van der Waals surface area contributed by atoms with E-state index in [9.17, 15) is 4.79 Å². The van der Waals surface area contributed by atoms with Gasteiger partial charge in [0.1, 0.15) is 17.3 Å². The van der Waals surface area contributed by atoms with Crippen LogP contribution >= 0.6 is 0 Å². The quantitative estimate of drug-likeness (QED) is 0.809. The topological polar surface area (TPSA) is 72.1 Å². The number of anilines is 1. The number of amides is 1. The summed E-state index contributed by atoms with van der Waals surface area (Å²) in [5.41, 5.74) is 5.63. The number of carbonyl (C=O) groups is 1. The largest absolute Gasteiger partial charge is 0.364 e. The molecule has 2 heterocycles. The Morgan fingerprint density at radius 1 is 1.38 bits per heavy atom. The predicted molar refractivity (Wildman–Crippen MR) is 59.4 cm³/mol. The van der Waals surface area contributed by atoms with E-state index in [0.717, 1.165) is 37.6 Å². The molecule has 2 aliphatic rings. The molecular formula is C11H14N4O. The Morgan fingerprint density at radius 2 is 2.12 bits per heavy atom. The Bertz CT molecular complexity index is 438. The molecule has 1 aliphatic heterocycles. The van der Waals surface area contributed by atoms with E-state index in [1.165, 1.54) is 6.42 Å². The Morgan fingerprint density at radius 3 is 2.62 bits per heavy atom. The van der Waals surface area contributed by atoms with Crippen LogP contribution in [0.25, 0.3) is 0 Å². The summed E-state index contributed by atoms with van der Waals surface area (Å²) in [6.45, 7) is 2.03. The first-order valence-electron chi connectivity index (χ1n) is 5.68. The van der Waals surface area contributed by atoms with Gasteiger partial charge in [0.15, 0.2) is 0 Å². The Labute approximate surface area is 93.7 Å². The molecule has 84 valence electrons. The van der Waals surface area contributed by atoms with Gasteiger partial charge < -0.3 is 10.6 Å². The lowest BCUT2D eigenvalue weighted by atomic mass is 10.2. The van der Waals surface area contributed by atoms with Crippen molar-refractivity contribution in [2.75, 3.05) is 18.0 Å². The van der Waals surface area contributed by atoms with E-state index in [1.54, 1.807) is 6.07 Å². The zero-order valence-corrected chi connectivity index (χ0v) is 9.02. The number of aromatic nitrogens is 2. The van der Waals surface area contributed by atoms with Gasteiger partial charge in [0.25, 0.3) is 5.91 Å². The summed E-state index contributed by atoms with van der Waals surface area (Å²) in [6.07, 6.45) is 3.44. The summed E-state index contributed by atoms with van der Waals surface area (Å²) in [5, 5.41) is 0. The number of rotatable bonds is 3. The van der Waals surface area contributed by atoms with Crippen molar-refractivity contribution in [3.63, 3.8) is 0 Å². The fraction of sp³-hybridized carbons (Fsp3) is 0.545. The van der Waals surface area contributed by atoms with Crippen LogP contribution in [0.1, 0.15) is 41.5 Å². The number of nitrogens with zero attached hydrogens (tertiary/aromatic N) is 3. The Balaban J connectivity index is 1.98. The van der Waals surface area contributed by atoms with Gasteiger partial charge in [0.05, 0.1) is 0 Å². The van der Waals surface area contributed by atoms with Crippen molar-refractivity contribution in [1.82, 2.24) is 9.97 Å². The van der Waals surface area contributed by atoms with Crippen LogP contribution < -0.4 is 10.6 Å². The lowest BCUT2D eigenvalue weighted by Crippen LogP contribution is -2.38. The van der Waals surface area contributed by atoms with E-state index in [1.807, 2.05) is 0 Å². The van der Waals surface area contributed by atoms with Crippen molar-refractivity contribution in [3.05, 3.63) is 17.6 Å². The van der Waals surface area contributed by atoms with Gasteiger partial charge in [-0.25, -0.2) is 9.97 Å². The molecule has 2 fully saturated rings. The smallest absolute Gasteiger partial charge is 0.267 e. The molecule has 0 bridgehead atoms. The molecule has 0 atom stereocenters. The van der Waals surface area contributed by atoms with E-state index in [0.29, 0.717) is 11.6 Å². The number of carbonyl (C=O) groups excluding carboxylic acids is 1. The fourth-order valence-electron chi connectivity index (χ4n) is 1.81. The molecule has 1 amide bonds. The summed E-state index contributed by atoms with van der Waals surface area (Å²) in [7, 11) is 0. The maximum absolute atomic E-state index is 11.2. The highest BCUT2D eigenvalue weighted by Gasteiger charge is 2.29. The van der Waals surface area contributed by atoms with E-state index >= 15 is 0 Å². The second-order valence-electron chi connectivity index (χ2n) is 4.45. The third-order valence-corrected chi connectivity index (χ3v) is 3.10. The van der Waals surface area contributed by atoms with Crippen molar-refractivity contribution in [3.8, 4) is 0 Å². The SMILES string of the molecule is NC(=O)c1cc(N2CCC2)nc(C2CC2)n1. The van der Waals surface area contributed by atoms with Crippen LogP contribution in [0.3, 0.4) is 0 Å². The van der Waals surface area contributed by atoms with E-state index in [-0.39, 0.29) is 0 Å². The molecule has 5 nitrogen and oxygen atoms in total. The first-order chi connectivity index (χ1) is 7.74. The van der Waals surface area contributed by atoms with Crippen molar-refractivity contribution >= 4 is 11.7 Å². The lowest BCUT2D eigenvalue weighted by molar-refractivity contribution is 0.0995. The van der Waals surface area contributed by atoms with E-state index < -0.39 is 5.91 Å². The second-order valence-corrected chi connectivity index (χ2v) is 4.45. The molecule has 0 unspecified atom stereocenters. The van der Waals surface area contributed by atoms with Crippen LogP contribution in [0.4, 0.5) is 5.82 Å². The van der Waals surface area contributed by atoms with Gasteiger partial charge >= 0.3 is 0 Å². The van der Waals surface area contributed by atoms with Crippen molar-refractivity contribution in [2.24, 2.45) is 5.73 Å². The maximum Gasteiger partial charge on any atom is 0.267 e. The monoisotopic (exact) mass is 218 g/mol. The standard InChI is InChI=1S/C11H14N4O/c12-10(16)8-6-9(15-4-1-5-15)14-11(13-8)7-2-3-7/h6-7H,1-5H2,(H2,12,16). The molecule has 1 saturated heterocycles. The van der Waals surface area contributed by atoms with Crippen LogP contribution in [0, 0.1) is 0 Å². The summed E-state index contributed by atoms with van der Waals surface area (Å²) in [6, 6.07) is 1.70. The molecule has 0 aromatic carbocycles. The fourth-order valence-corrected chi connectivity index (χ4v) is 1.81. The van der Waals surface area contributed by atoms with E-state index in [2.05, 4.69) is 14.9 Å². The van der Waals surface area contributed by atoms with Crippen molar-refractivity contribution in [2.45, 2.75) is 25.2 Å². The third-order valence-electron chi connectivity index (χ3n) is 3.10. The summed E-state index contributed by atoms with van der Waals surface area (Å²) >= 11 is 0. The molecule has 1 aromatic heterocycles. The second kappa shape index (κ2) is 3.43. The molecule has 0 radical (unpaired) electrons. The molecule has 2 N–H and O–H groups in total. The van der Waals surface area contributed by atoms with Gasteiger partial charge in [-0.1, -0.05) is 0 Å². The van der Waals surface area contributed by atoms with Crippen molar-refractivity contribution in [1.29, 1.82) is 0 Å². The molecule has 0 spiro atoms. The minimum absolute atomic E-state index is 0.346. The highest BCUT2D eigenvalue weighted by molar-refractivity contribution is 5.91. The molecule has 5 heteroatoms. The number of primary amides is 1. The Hall–Kier alpha value is -1.65. The van der Waals surface area contributed by atoms with Crippen LogP contribution in [0.2, 0.25) is 0 Å². The van der Waals surface area contributed by atoms with Crippen molar-refractivity contribution < 1.29 is 4.79 Å². The van der Waals surface area contributed by atoms with Gasteiger partial charge in [-0.2, -0.15) is 0 Å². The normalized spacial score (nSPS) is 19.4. The van der Waals surface area contributed by atoms with Crippen LogP contribution in [0.15, 0.2) is 6.07 Å². The highest BCUT2D eigenvalue weighted by Crippen LogP contribution is 2.38. The zero-order chi connectivity index (χ0) is 11.1. The minimum Gasteiger partial charge on any atom is -0.364 e. The summed E-state index contributed by atoms with van der Waals surface area (Å²) < 4.78 is 0. The number of hydrogen-bond donors (Lipinski definition) is 1. The van der Waals surface area contributed by atoms with Crippen LogP contribution in [-0.4, -0.2) is 29.0 Å². The highest BCUT2D eigenvalue weighted by atomic mass is 16.1. The zero-order valence-electron chi connectivity index (χ0n) is 9.02. The van der Waals surface area contributed by atoms with Gasteiger partial charge in [-0.05, 0) is 19.3 Å². The van der Waals surface area contributed by atoms with Crippen LogP contribution in [-0.2, 0) is 0 Å². The summed E-state index contributed by atoms with van der Waals surface area (Å²) in [4.78, 5) is 22.1. The van der Waals surface area contributed by atoms with E-state index in [4.69, 9.17) is 5.73 Å². The minimum atomic E-state index is -0.467. The molecule has 1 saturated carbocycles. The molecule has 1 aliphatic carbocycles. The van der Waals surface area contributed by atoms with Gasteiger partial charge in [0.2, 0.25) is 0 Å². The number of hydrogen-bond acceptors (Lipinski definition) is 4. The number of nitrogens with two attached hydrogens (primary N) is 1. The first-order valence-corrected chi connectivity index (χ1v) is 5.68. The third kappa shape index (κ3) is 1.62. The predicted octanol–water partition coefficient (Wildman–Crippen LogP) is 0.663. The molecular weight excluding hydrogens is 204 g/mol.